The highest BCUT2D eigenvalue weighted by molar-refractivity contribution is 9.10. The van der Waals surface area contributed by atoms with Crippen molar-refractivity contribution in [2.75, 3.05) is 6.61 Å². The molecular formula is C16H15Br2NO3. The summed E-state index contributed by atoms with van der Waals surface area (Å²) in [6, 6.07) is 11.5. The minimum absolute atomic E-state index is 0.430. The molecule has 0 saturated heterocycles. The summed E-state index contributed by atoms with van der Waals surface area (Å²) in [5, 5.41) is 11.7. The van der Waals surface area contributed by atoms with Gasteiger partial charge in [0.05, 0.1) is 17.3 Å². The Balaban J connectivity index is 2.22. The molecule has 0 heterocycles. The zero-order chi connectivity index (χ0) is 15.9. The summed E-state index contributed by atoms with van der Waals surface area (Å²) < 4.78 is 13.3. The van der Waals surface area contributed by atoms with Crippen LogP contribution in [-0.2, 0) is 6.61 Å². The summed E-state index contributed by atoms with van der Waals surface area (Å²) in [6.07, 6.45) is 1.34. The molecule has 22 heavy (non-hydrogen) atoms. The normalized spacial score (nSPS) is 10.9. The molecule has 0 saturated carbocycles. The zero-order valence-corrected chi connectivity index (χ0v) is 15.1. The molecule has 0 radical (unpaired) electrons. The molecule has 4 nitrogen and oxygen atoms in total. The van der Waals surface area contributed by atoms with Crippen LogP contribution in [0.15, 0.2) is 50.5 Å². The fraction of sp³-hybridized carbons (Fsp3) is 0.188. The molecule has 1 N–H and O–H groups in total. The van der Waals surface area contributed by atoms with Crippen LogP contribution in [0, 0.1) is 0 Å². The predicted octanol–water partition coefficient (Wildman–Crippen LogP) is 5.00. The van der Waals surface area contributed by atoms with Gasteiger partial charge in [-0.2, -0.15) is 0 Å². The van der Waals surface area contributed by atoms with Gasteiger partial charge in [-0.1, -0.05) is 33.2 Å². The van der Waals surface area contributed by atoms with E-state index in [1.54, 1.807) is 12.1 Å². The second kappa shape index (κ2) is 8.19. The van der Waals surface area contributed by atoms with Gasteiger partial charge in [-0.15, -0.1) is 0 Å². The van der Waals surface area contributed by atoms with Crippen LogP contribution in [0.2, 0.25) is 0 Å². The molecule has 0 aromatic heterocycles. The number of nitrogens with zero attached hydrogens (tertiary/aromatic N) is 1. The highest BCUT2D eigenvalue weighted by atomic mass is 79.9. The maximum atomic E-state index is 8.65. The SMILES string of the molecule is CCOc1cc(/C=N\O)cc(Br)c1OCc1ccc(Br)cc1. The lowest BCUT2D eigenvalue weighted by atomic mass is 10.2. The number of oxime groups is 1. The molecule has 116 valence electrons. The summed E-state index contributed by atoms with van der Waals surface area (Å²) in [5.74, 6) is 1.23. The first-order chi connectivity index (χ1) is 10.6. The Kier molecular flexibility index (Phi) is 6.27. The maximum absolute atomic E-state index is 8.65. The predicted molar refractivity (Wildman–Crippen MR) is 93.2 cm³/mol. The third-order valence-corrected chi connectivity index (χ3v) is 3.95. The van der Waals surface area contributed by atoms with Crippen LogP contribution in [0.4, 0.5) is 0 Å². The number of rotatable bonds is 6. The third kappa shape index (κ3) is 4.48. The van der Waals surface area contributed by atoms with Crippen LogP contribution in [0.3, 0.4) is 0 Å². The Hall–Kier alpha value is -1.53. The number of halogens is 2. The van der Waals surface area contributed by atoms with E-state index in [1.807, 2.05) is 31.2 Å². The minimum atomic E-state index is 0.430. The second-order valence-electron chi connectivity index (χ2n) is 4.42. The van der Waals surface area contributed by atoms with Crippen molar-refractivity contribution in [3.05, 3.63) is 56.5 Å². The third-order valence-electron chi connectivity index (χ3n) is 2.83. The molecule has 0 amide bonds. The second-order valence-corrected chi connectivity index (χ2v) is 6.19. The highest BCUT2D eigenvalue weighted by Crippen LogP contribution is 2.37. The molecular weight excluding hydrogens is 414 g/mol. The smallest absolute Gasteiger partial charge is 0.175 e. The van der Waals surface area contributed by atoms with E-state index in [9.17, 15) is 0 Å². The number of hydrogen-bond acceptors (Lipinski definition) is 4. The van der Waals surface area contributed by atoms with Gasteiger partial charge in [0, 0.05) is 10.0 Å². The lowest BCUT2D eigenvalue weighted by Gasteiger charge is -2.14. The van der Waals surface area contributed by atoms with Gasteiger partial charge in [0.2, 0.25) is 0 Å². The molecule has 2 aromatic rings. The van der Waals surface area contributed by atoms with Crippen molar-refractivity contribution in [1.82, 2.24) is 0 Å². The van der Waals surface area contributed by atoms with Crippen LogP contribution in [0.1, 0.15) is 18.1 Å². The zero-order valence-electron chi connectivity index (χ0n) is 11.9. The van der Waals surface area contributed by atoms with E-state index in [-0.39, 0.29) is 0 Å². The van der Waals surface area contributed by atoms with Crippen molar-refractivity contribution < 1.29 is 14.7 Å². The summed E-state index contributed by atoms with van der Waals surface area (Å²) in [5.41, 5.74) is 1.77. The molecule has 0 aliphatic rings. The molecule has 2 aromatic carbocycles. The molecule has 0 spiro atoms. The molecule has 0 fully saturated rings. The first-order valence-electron chi connectivity index (χ1n) is 6.65. The Morgan fingerprint density at radius 2 is 1.86 bits per heavy atom. The van der Waals surface area contributed by atoms with Crippen molar-refractivity contribution in [2.24, 2.45) is 5.16 Å². The molecule has 6 heteroatoms. The Bertz CT molecular complexity index is 657. The monoisotopic (exact) mass is 427 g/mol. The van der Waals surface area contributed by atoms with Crippen molar-refractivity contribution in [1.29, 1.82) is 0 Å². The summed E-state index contributed by atoms with van der Waals surface area (Å²) in [4.78, 5) is 0. The van der Waals surface area contributed by atoms with Crippen molar-refractivity contribution in [3.8, 4) is 11.5 Å². The van der Waals surface area contributed by atoms with E-state index < -0.39 is 0 Å². The summed E-state index contributed by atoms with van der Waals surface area (Å²) >= 11 is 6.87. The van der Waals surface area contributed by atoms with E-state index in [1.165, 1.54) is 6.21 Å². The average molecular weight is 429 g/mol. The number of hydrogen-bond donors (Lipinski definition) is 1. The van der Waals surface area contributed by atoms with Gasteiger partial charge in [-0.25, -0.2) is 0 Å². The molecule has 2 rings (SSSR count). The highest BCUT2D eigenvalue weighted by Gasteiger charge is 2.12. The first-order valence-corrected chi connectivity index (χ1v) is 8.23. The van der Waals surface area contributed by atoms with E-state index in [2.05, 4.69) is 37.0 Å². The van der Waals surface area contributed by atoms with Gasteiger partial charge in [0.1, 0.15) is 6.61 Å². The van der Waals surface area contributed by atoms with Gasteiger partial charge in [0.15, 0.2) is 11.5 Å². The fourth-order valence-corrected chi connectivity index (χ4v) is 2.71. The van der Waals surface area contributed by atoms with Gasteiger partial charge >= 0.3 is 0 Å². The minimum Gasteiger partial charge on any atom is -0.490 e. The van der Waals surface area contributed by atoms with Crippen LogP contribution in [0.5, 0.6) is 11.5 Å². The van der Waals surface area contributed by atoms with E-state index >= 15 is 0 Å². The van der Waals surface area contributed by atoms with Gasteiger partial charge < -0.3 is 14.7 Å². The number of benzene rings is 2. The van der Waals surface area contributed by atoms with Crippen molar-refractivity contribution in [3.63, 3.8) is 0 Å². The van der Waals surface area contributed by atoms with E-state index in [4.69, 9.17) is 14.7 Å². The Morgan fingerprint density at radius 1 is 1.14 bits per heavy atom. The first kappa shape index (κ1) is 16.8. The van der Waals surface area contributed by atoms with Crippen LogP contribution < -0.4 is 9.47 Å². The molecule has 0 atom stereocenters. The average Bonchev–Trinajstić information content (AvgIpc) is 2.49. The fourth-order valence-electron chi connectivity index (χ4n) is 1.87. The maximum Gasteiger partial charge on any atom is 0.175 e. The van der Waals surface area contributed by atoms with Gasteiger partial charge in [-0.05, 0) is 52.7 Å². The molecule has 0 bridgehead atoms. The number of ether oxygens (including phenoxy) is 2. The molecule has 0 unspecified atom stereocenters. The molecule has 0 aliphatic carbocycles. The standard InChI is InChI=1S/C16H15Br2NO3/c1-2-21-15-8-12(9-19-20)7-14(18)16(15)22-10-11-3-5-13(17)6-4-11/h3-9,20H,2,10H2,1H3/b19-9-. The summed E-state index contributed by atoms with van der Waals surface area (Å²) in [7, 11) is 0. The van der Waals surface area contributed by atoms with Gasteiger partial charge in [-0.3, -0.25) is 0 Å². The van der Waals surface area contributed by atoms with Crippen LogP contribution in [-0.4, -0.2) is 18.0 Å². The van der Waals surface area contributed by atoms with E-state index in [0.717, 1.165) is 14.5 Å². The van der Waals surface area contributed by atoms with Crippen molar-refractivity contribution >= 4 is 38.1 Å². The van der Waals surface area contributed by atoms with E-state index in [0.29, 0.717) is 30.3 Å². The summed E-state index contributed by atoms with van der Waals surface area (Å²) in [6.45, 7) is 2.85. The van der Waals surface area contributed by atoms with Crippen LogP contribution >= 0.6 is 31.9 Å². The largest absolute Gasteiger partial charge is 0.490 e. The van der Waals surface area contributed by atoms with Crippen molar-refractivity contribution in [2.45, 2.75) is 13.5 Å². The lowest BCUT2D eigenvalue weighted by Crippen LogP contribution is -2.01. The Morgan fingerprint density at radius 3 is 2.50 bits per heavy atom. The van der Waals surface area contributed by atoms with Crippen LogP contribution in [0.25, 0.3) is 0 Å². The topological polar surface area (TPSA) is 51.0 Å². The Labute approximate surface area is 146 Å². The quantitative estimate of drug-likeness (QED) is 0.400. The lowest BCUT2D eigenvalue weighted by molar-refractivity contribution is 0.267. The molecule has 0 aliphatic heterocycles. The van der Waals surface area contributed by atoms with Gasteiger partial charge in [0.25, 0.3) is 0 Å².